The molecule has 2 aromatic carbocycles. The highest BCUT2D eigenvalue weighted by Gasteiger charge is 2.24. The van der Waals surface area contributed by atoms with E-state index in [1.54, 1.807) is 26.0 Å². The maximum Gasteiger partial charge on any atom is 0.335 e. The Balaban J connectivity index is 1.62. The number of carbonyl (C=O) groups is 1. The first-order valence-corrected chi connectivity index (χ1v) is 14.0. The molecule has 7 nitrogen and oxygen atoms in total. The van der Waals surface area contributed by atoms with Gasteiger partial charge < -0.3 is 18.8 Å². The summed E-state index contributed by atoms with van der Waals surface area (Å²) in [4.78, 5) is 17.3. The second-order valence-electron chi connectivity index (χ2n) is 7.99. The van der Waals surface area contributed by atoms with Crippen LogP contribution < -0.4 is 5.32 Å². The van der Waals surface area contributed by atoms with Gasteiger partial charge in [-0.3, -0.25) is 9.36 Å². The summed E-state index contributed by atoms with van der Waals surface area (Å²) >= 11 is 6.02. The Kier molecular flexibility index (Phi) is 10.1. The van der Waals surface area contributed by atoms with Crippen LogP contribution in [-0.4, -0.2) is 24.1 Å². The first-order chi connectivity index (χ1) is 16.9. The Morgan fingerprint density at radius 1 is 1.00 bits per heavy atom. The van der Waals surface area contributed by atoms with E-state index in [4.69, 9.17) is 25.1 Å². The number of benzene rings is 2. The van der Waals surface area contributed by atoms with Gasteiger partial charge in [-0.05, 0) is 50.1 Å². The topological polar surface area (TPSA) is 90.7 Å². The van der Waals surface area contributed by atoms with E-state index >= 15 is 0 Å². The molecule has 0 unspecified atom stereocenters. The second-order valence-corrected chi connectivity index (χ2v) is 10.5. The highest BCUT2D eigenvalue weighted by atomic mass is 35.5. The van der Waals surface area contributed by atoms with Gasteiger partial charge in [0.15, 0.2) is 5.89 Å². The molecule has 35 heavy (non-hydrogen) atoms. The van der Waals surface area contributed by atoms with Gasteiger partial charge in [0.1, 0.15) is 11.5 Å². The van der Waals surface area contributed by atoms with Crippen LogP contribution in [0.2, 0.25) is 5.02 Å². The largest absolute Gasteiger partial charge is 0.445 e. The molecule has 0 saturated heterocycles. The normalized spacial score (nSPS) is 11.5. The summed E-state index contributed by atoms with van der Waals surface area (Å²) in [7, 11) is -3.18. The van der Waals surface area contributed by atoms with Crippen LogP contribution in [0.1, 0.15) is 50.8 Å². The predicted octanol–water partition coefficient (Wildman–Crippen LogP) is 7.28. The fourth-order valence-electron chi connectivity index (χ4n) is 3.61. The highest BCUT2D eigenvalue weighted by Crippen LogP contribution is 2.51. The minimum atomic E-state index is -3.18. The van der Waals surface area contributed by atoms with E-state index in [0.29, 0.717) is 42.0 Å². The summed E-state index contributed by atoms with van der Waals surface area (Å²) in [5.74, 6) is 1.21. The van der Waals surface area contributed by atoms with Crippen LogP contribution in [0.25, 0.3) is 11.3 Å². The molecule has 0 bridgehead atoms. The summed E-state index contributed by atoms with van der Waals surface area (Å²) in [5.41, 5.74) is 3.12. The molecule has 1 N–H and O–H groups in total. The van der Waals surface area contributed by atoms with Crippen LogP contribution in [0, 0.1) is 0 Å². The van der Waals surface area contributed by atoms with Crippen LogP contribution in [0.4, 0.5) is 5.69 Å². The molecule has 0 aliphatic carbocycles. The monoisotopic (exact) mass is 518 g/mol. The van der Waals surface area contributed by atoms with Crippen LogP contribution in [0.5, 0.6) is 0 Å². The summed E-state index contributed by atoms with van der Waals surface area (Å²) < 4.78 is 29.4. The smallest absolute Gasteiger partial charge is 0.335 e. The van der Waals surface area contributed by atoms with Crippen LogP contribution >= 0.6 is 19.2 Å². The van der Waals surface area contributed by atoms with E-state index in [2.05, 4.69) is 17.2 Å². The summed E-state index contributed by atoms with van der Waals surface area (Å²) in [6.45, 7) is 6.27. The Morgan fingerprint density at radius 3 is 2.26 bits per heavy atom. The number of hydrogen-bond donors (Lipinski definition) is 1. The van der Waals surface area contributed by atoms with E-state index in [-0.39, 0.29) is 18.5 Å². The molecule has 0 radical (unpaired) electrons. The summed E-state index contributed by atoms with van der Waals surface area (Å²) in [5, 5.41) is 3.55. The SMILES string of the molecule is CCCc1nc(-c2ccc(Cl)cc2)c(CCC(=O)Nc2ccc(CP(=O)(OCC)OCC)cc2)o1. The Bertz CT molecular complexity index is 1140. The fourth-order valence-corrected chi connectivity index (χ4v) is 5.44. The molecule has 0 spiro atoms. The molecule has 0 atom stereocenters. The molecule has 1 amide bonds. The number of halogens is 1. The van der Waals surface area contributed by atoms with Crippen LogP contribution in [-0.2, 0) is 37.4 Å². The van der Waals surface area contributed by atoms with Crippen molar-refractivity contribution in [3.05, 3.63) is 70.8 Å². The Labute approximate surface area is 211 Å². The predicted molar refractivity (Wildman–Crippen MR) is 139 cm³/mol. The fraction of sp³-hybridized carbons (Fsp3) is 0.385. The molecule has 3 aromatic rings. The highest BCUT2D eigenvalue weighted by molar-refractivity contribution is 7.53. The molecular formula is C26H32ClN2O5P. The number of amides is 1. The lowest BCUT2D eigenvalue weighted by molar-refractivity contribution is -0.116. The first-order valence-electron chi connectivity index (χ1n) is 11.9. The molecule has 0 aliphatic rings. The van der Waals surface area contributed by atoms with Crippen molar-refractivity contribution in [2.45, 2.75) is 52.6 Å². The van der Waals surface area contributed by atoms with E-state index < -0.39 is 7.60 Å². The number of nitrogens with one attached hydrogen (secondary N) is 1. The standard InChI is InChI=1S/C26H32ClN2O5P/c1-4-7-25-29-26(20-10-12-21(27)13-11-20)23(34-25)16-17-24(30)28-22-14-8-19(9-15-22)18-35(31,32-5-2)33-6-3/h8-15H,4-7,16-18H2,1-3H3,(H,28,30). The third-order valence-corrected chi connectivity index (χ3v) is 7.48. The molecule has 0 fully saturated rings. The van der Waals surface area contributed by atoms with Crippen LogP contribution in [0.15, 0.2) is 52.9 Å². The lowest BCUT2D eigenvalue weighted by Gasteiger charge is -2.17. The van der Waals surface area contributed by atoms with Gasteiger partial charge >= 0.3 is 7.60 Å². The van der Waals surface area contributed by atoms with Crippen molar-refractivity contribution in [1.29, 1.82) is 0 Å². The van der Waals surface area contributed by atoms with E-state index in [1.807, 2.05) is 36.4 Å². The van der Waals surface area contributed by atoms with Gasteiger partial charge in [-0.15, -0.1) is 0 Å². The van der Waals surface area contributed by atoms with Crippen molar-refractivity contribution in [3.8, 4) is 11.3 Å². The van der Waals surface area contributed by atoms with Gasteiger partial charge in [0.25, 0.3) is 0 Å². The molecule has 188 valence electrons. The molecule has 0 aliphatic heterocycles. The van der Waals surface area contributed by atoms with Gasteiger partial charge in [-0.25, -0.2) is 4.98 Å². The van der Waals surface area contributed by atoms with Crippen molar-refractivity contribution >= 4 is 30.8 Å². The van der Waals surface area contributed by atoms with Gasteiger partial charge in [0.2, 0.25) is 5.91 Å². The van der Waals surface area contributed by atoms with Crippen molar-refractivity contribution < 1.29 is 22.8 Å². The molecule has 1 aromatic heterocycles. The Morgan fingerprint density at radius 2 is 1.66 bits per heavy atom. The first kappa shape index (κ1) is 27.2. The van der Waals surface area contributed by atoms with E-state index in [9.17, 15) is 9.36 Å². The number of rotatable bonds is 13. The lowest BCUT2D eigenvalue weighted by atomic mass is 10.1. The van der Waals surface area contributed by atoms with Crippen molar-refractivity contribution in [2.75, 3.05) is 18.5 Å². The van der Waals surface area contributed by atoms with Gasteiger partial charge in [0.05, 0.1) is 19.4 Å². The number of aryl methyl sites for hydroxylation is 2. The molecular weight excluding hydrogens is 487 g/mol. The van der Waals surface area contributed by atoms with E-state index in [0.717, 1.165) is 29.7 Å². The summed E-state index contributed by atoms with van der Waals surface area (Å²) in [6, 6.07) is 14.6. The number of aromatic nitrogens is 1. The van der Waals surface area contributed by atoms with Crippen molar-refractivity contribution in [2.24, 2.45) is 0 Å². The summed E-state index contributed by atoms with van der Waals surface area (Å²) in [6.07, 6.45) is 2.50. The number of oxazole rings is 1. The molecule has 0 saturated carbocycles. The second kappa shape index (κ2) is 13.0. The molecule has 9 heteroatoms. The van der Waals surface area contributed by atoms with Crippen molar-refractivity contribution in [1.82, 2.24) is 4.98 Å². The maximum atomic E-state index is 12.7. The number of anilines is 1. The van der Waals surface area contributed by atoms with Gasteiger partial charge in [-0.2, -0.15) is 0 Å². The van der Waals surface area contributed by atoms with Crippen molar-refractivity contribution in [3.63, 3.8) is 0 Å². The lowest BCUT2D eigenvalue weighted by Crippen LogP contribution is -2.12. The zero-order chi connectivity index (χ0) is 25.3. The third kappa shape index (κ3) is 8.04. The zero-order valence-corrected chi connectivity index (χ0v) is 22.0. The number of nitrogens with zero attached hydrogens (tertiary/aromatic N) is 1. The number of hydrogen-bond acceptors (Lipinski definition) is 6. The maximum absolute atomic E-state index is 12.7. The molecule has 3 rings (SSSR count). The van der Waals surface area contributed by atoms with E-state index in [1.165, 1.54) is 0 Å². The minimum absolute atomic E-state index is 0.137. The minimum Gasteiger partial charge on any atom is -0.445 e. The number of carbonyl (C=O) groups excluding carboxylic acids is 1. The third-order valence-electron chi connectivity index (χ3n) is 5.17. The van der Waals surface area contributed by atoms with Gasteiger partial charge in [0, 0.05) is 35.5 Å². The average molecular weight is 519 g/mol. The average Bonchev–Trinajstić information content (AvgIpc) is 3.23. The zero-order valence-electron chi connectivity index (χ0n) is 20.4. The van der Waals surface area contributed by atoms with Gasteiger partial charge in [-0.1, -0.05) is 42.8 Å². The van der Waals surface area contributed by atoms with Crippen LogP contribution in [0.3, 0.4) is 0 Å². The quantitative estimate of drug-likeness (QED) is 0.239. The molecule has 1 heterocycles. The Hall–Kier alpha value is -2.44.